The summed E-state index contributed by atoms with van der Waals surface area (Å²) in [7, 11) is 2.79. The van der Waals surface area contributed by atoms with Crippen molar-refractivity contribution < 1.29 is 28.5 Å². The van der Waals surface area contributed by atoms with Crippen molar-refractivity contribution in [1.82, 2.24) is 4.90 Å². The van der Waals surface area contributed by atoms with E-state index in [4.69, 9.17) is 14.2 Å². The molecule has 3 rings (SSSR count). The van der Waals surface area contributed by atoms with Crippen LogP contribution < -0.4 is 9.47 Å². The highest BCUT2D eigenvalue weighted by Crippen LogP contribution is 2.38. The molecule has 0 spiro atoms. The Morgan fingerprint density at radius 3 is 2.62 bits per heavy atom. The molecule has 0 radical (unpaired) electrons. The summed E-state index contributed by atoms with van der Waals surface area (Å²) in [6.45, 7) is 3.04. The van der Waals surface area contributed by atoms with Gasteiger partial charge in [-0.2, -0.15) is 0 Å². The quantitative estimate of drug-likeness (QED) is 0.242. The average molecular weight is 549 g/mol. The Balaban J connectivity index is 1.91. The number of thioether (sulfide) groups is 1. The Hall–Kier alpha value is -2.82. The minimum absolute atomic E-state index is 0.156. The first kappa shape index (κ1) is 25.8. The van der Waals surface area contributed by atoms with Gasteiger partial charge < -0.3 is 18.9 Å². The summed E-state index contributed by atoms with van der Waals surface area (Å²) in [5, 5.41) is 0.586. The summed E-state index contributed by atoms with van der Waals surface area (Å²) in [6.07, 6.45) is 1.77. The lowest BCUT2D eigenvalue weighted by atomic mass is 10.2. The standard InChI is InChI=1S/C24H25BrN2O6S/c1-4-32-11-10-27-23(29)21(34-24(27)26-17-8-6-5-7-9-17)13-16-12-19(30-2)20(14-18(16)25)33-15-22(28)31-3/h5-9,12-14H,4,10-11,15H2,1-3H3/b21-13-,26-24?. The van der Waals surface area contributed by atoms with Crippen molar-refractivity contribution in [2.45, 2.75) is 6.92 Å². The molecule has 10 heteroatoms. The third-order valence-electron chi connectivity index (χ3n) is 4.68. The zero-order valence-electron chi connectivity index (χ0n) is 19.1. The van der Waals surface area contributed by atoms with Gasteiger partial charge in [0.1, 0.15) is 0 Å². The van der Waals surface area contributed by atoms with E-state index in [-0.39, 0.29) is 12.5 Å². The Kier molecular flexibility index (Phi) is 9.55. The van der Waals surface area contributed by atoms with Crippen LogP contribution in [0.15, 0.2) is 56.8 Å². The zero-order valence-corrected chi connectivity index (χ0v) is 21.5. The summed E-state index contributed by atoms with van der Waals surface area (Å²) in [5.74, 6) is 0.128. The van der Waals surface area contributed by atoms with E-state index < -0.39 is 5.97 Å². The Bertz CT molecular complexity index is 1090. The van der Waals surface area contributed by atoms with E-state index in [0.29, 0.717) is 51.4 Å². The first-order chi connectivity index (χ1) is 16.5. The third-order valence-corrected chi connectivity index (χ3v) is 6.37. The number of hydrogen-bond acceptors (Lipinski definition) is 8. The number of methoxy groups -OCH3 is 2. The van der Waals surface area contributed by atoms with Gasteiger partial charge in [0, 0.05) is 11.1 Å². The predicted octanol–water partition coefficient (Wildman–Crippen LogP) is 4.65. The van der Waals surface area contributed by atoms with Crippen LogP contribution >= 0.6 is 27.7 Å². The van der Waals surface area contributed by atoms with Crippen LogP contribution in [0.2, 0.25) is 0 Å². The second-order valence-corrected chi connectivity index (χ2v) is 8.75. The molecule has 0 bridgehead atoms. The van der Waals surface area contributed by atoms with E-state index >= 15 is 0 Å². The molecule has 8 nitrogen and oxygen atoms in total. The lowest BCUT2D eigenvalue weighted by Gasteiger charge is -2.15. The summed E-state index contributed by atoms with van der Waals surface area (Å²) >= 11 is 4.81. The van der Waals surface area contributed by atoms with Gasteiger partial charge in [-0.05, 0) is 54.6 Å². The number of carbonyl (C=O) groups excluding carboxylic acids is 2. The number of para-hydroxylation sites is 1. The maximum absolute atomic E-state index is 13.2. The summed E-state index contributed by atoms with van der Waals surface area (Å²) in [5.41, 5.74) is 1.47. The fourth-order valence-electron chi connectivity index (χ4n) is 2.97. The van der Waals surface area contributed by atoms with Crippen molar-refractivity contribution in [3.8, 4) is 11.5 Å². The van der Waals surface area contributed by atoms with Crippen LogP contribution in [0, 0.1) is 0 Å². The lowest BCUT2D eigenvalue weighted by molar-refractivity contribution is -0.142. The molecule has 180 valence electrons. The lowest BCUT2D eigenvalue weighted by Crippen LogP contribution is -2.32. The molecule has 0 unspecified atom stereocenters. The molecule has 0 atom stereocenters. The van der Waals surface area contributed by atoms with Gasteiger partial charge in [0.25, 0.3) is 5.91 Å². The van der Waals surface area contributed by atoms with E-state index in [9.17, 15) is 9.59 Å². The molecule has 1 fully saturated rings. The summed E-state index contributed by atoms with van der Waals surface area (Å²) in [4.78, 5) is 31.4. The normalized spacial score (nSPS) is 15.8. The first-order valence-corrected chi connectivity index (χ1v) is 12.1. The smallest absolute Gasteiger partial charge is 0.343 e. The van der Waals surface area contributed by atoms with Gasteiger partial charge in [0.2, 0.25) is 0 Å². The number of amides is 1. The SMILES string of the molecule is CCOCCN1C(=O)/C(=C/c2cc(OC)c(OCC(=O)OC)cc2Br)SC1=Nc1ccccc1. The molecule has 1 heterocycles. The van der Waals surface area contributed by atoms with Crippen LogP contribution in [0.1, 0.15) is 12.5 Å². The van der Waals surface area contributed by atoms with Crippen molar-refractivity contribution in [1.29, 1.82) is 0 Å². The van der Waals surface area contributed by atoms with Gasteiger partial charge in [-0.1, -0.05) is 34.1 Å². The van der Waals surface area contributed by atoms with Crippen molar-refractivity contribution in [3.05, 3.63) is 57.4 Å². The van der Waals surface area contributed by atoms with Gasteiger partial charge >= 0.3 is 5.97 Å². The number of ether oxygens (including phenoxy) is 4. The molecule has 2 aromatic rings. The van der Waals surface area contributed by atoms with Gasteiger partial charge in [-0.3, -0.25) is 9.69 Å². The molecule has 1 aliphatic rings. The average Bonchev–Trinajstić information content (AvgIpc) is 3.13. The maximum atomic E-state index is 13.2. The fourth-order valence-corrected chi connectivity index (χ4v) is 4.42. The molecule has 0 N–H and O–H groups in total. The number of aliphatic imine (C=N–C) groups is 1. The molecule has 1 amide bonds. The molecule has 2 aromatic carbocycles. The second-order valence-electron chi connectivity index (χ2n) is 6.88. The Morgan fingerprint density at radius 2 is 1.94 bits per heavy atom. The van der Waals surface area contributed by atoms with Crippen molar-refractivity contribution in [2.24, 2.45) is 4.99 Å². The second kappa shape index (κ2) is 12.6. The van der Waals surface area contributed by atoms with Gasteiger partial charge in [-0.15, -0.1) is 0 Å². The number of hydrogen-bond donors (Lipinski definition) is 0. The van der Waals surface area contributed by atoms with Crippen molar-refractivity contribution in [2.75, 3.05) is 40.6 Å². The largest absolute Gasteiger partial charge is 0.493 e. The summed E-state index contributed by atoms with van der Waals surface area (Å²) < 4.78 is 21.6. The molecule has 0 saturated carbocycles. The van der Waals surface area contributed by atoms with Crippen LogP contribution in [-0.4, -0.2) is 62.5 Å². The van der Waals surface area contributed by atoms with Crippen LogP contribution in [-0.2, 0) is 19.1 Å². The van der Waals surface area contributed by atoms with E-state index in [1.54, 1.807) is 23.1 Å². The number of rotatable bonds is 10. The molecular formula is C24H25BrN2O6S. The molecule has 1 saturated heterocycles. The zero-order chi connectivity index (χ0) is 24.5. The topological polar surface area (TPSA) is 86.7 Å². The molecule has 0 aromatic heterocycles. The number of amidine groups is 1. The molecule has 0 aliphatic carbocycles. The van der Waals surface area contributed by atoms with E-state index in [0.717, 1.165) is 5.69 Å². The van der Waals surface area contributed by atoms with Crippen LogP contribution in [0.3, 0.4) is 0 Å². The van der Waals surface area contributed by atoms with Crippen LogP contribution in [0.4, 0.5) is 5.69 Å². The number of esters is 1. The summed E-state index contributed by atoms with van der Waals surface area (Å²) in [6, 6.07) is 12.9. The Labute approximate surface area is 211 Å². The van der Waals surface area contributed by atoms with Crippen molar-refractivity contribution >= 4 is 56.5 Å². The minimum atomic E-state index is -0.505. The monoisotopic (exact) mass is 548 g/mol. The highest BCUT2D eigenvalue weighted by atomic mass is 79.9. The highest BCUT2D eigenvalue weighted by Gasteiger charge is 2.33. The minimum Gasteiger partial charge on any atom is -0.493 e. The number of halogens is 1. The highest BCUT2D eigenvalue weighted by molar-refractivity contribution is 9.10. The third kappa shape index (κ3) is 6.62. The number of benzene rings is 2. The Morgan fingerprint density at radius 1 is 1.18 bits per heavy atom. The number of carbonyl (C=O) groups is 2. The molecule has 34 heavy (non-hydrogen) atoms. The van der Waals surface area contributed by atoms with Gasteiger partial charge in [-0.25, -0.2) is 9.79 Å². The van der Waals surface area contributed by atoms with Crippen molar-refractivity contribution in [3.63, 3.8) is 0 Å². The molecular weight excluding hydrogens is 524 g/mol. The first-order valence-electron chi connectivity index (χ1n) is 10.5. The van der Waals surface area contributed by atoms with E-state index in [2.05, 4.69) is 25.7 Å². The number of nitrogens with zero attached hydrogens (tertiary/aromatic N) is 2. The van der Waals surface area contributed by atoms with Gasteiger partial charge in [0.15, 0.2) is 23.3 Å². The fraction of sp³-hybridized carbons (Fsp3) is 0.292. The van der Waals surface area contributed by atoms with Crippen LogP contribution in [0.25, 0.3) is 6.08 Å². The molecule has 1 aliphatic heterocycles. The van der Waals surface area contributed by atoms with Gasteiger partial charge in [0.05, 0.1) is 38.0 Å². The van der Waals surface area contributed by atoms with Crippen LogP contribution in [0.5, 0.6) is 11.5 Å². The van der Waals surface area contributed by atoms with E-state index in [1.807, 2.05) is 37.3 Å². The van der Waals surface area contributed by atoms with E-state index in [1.165, 1.54) is 26.0 Å². The maximum Gasteiger partial charge on any atom is 0.343 e. The predicted molar refractivity (Wildman–Crippen MR) is 136 cm³/mol.